The second-order valence-corrected chi connectivity index (χ2v) is 5.16. The van der Waals surface area contributed by atoms with Crippen molar-refractivity contribution < 1.29 is 14.7 Å². The summed E-state index contributed by atoms with van der Waals surface area (Å²) in [6.45, 7) is 1.76. The zero-order valence-electron chi connectivity index (χ0n) is 11.2. The molecule has 0 unspecified atom stereocenters. The summed E-state index contributed by atoms with van der Waals surface area (Å²) < 4.78 is 0. The largest absolute Gasteiger partial charge is 0.476 e. The minimum Gasteiger partial charge on any atom is -0.476 e. The molecule has 6 nitrogen and oxygen atoms in total. The predicted molar refractivity (Wildman–Crippen MR) is 75.3 cm³/mol. The van der Waals surface area contributed by atoms with Gasteiger partial charge in [-0.05, 0) is 25.0 Å². The van der Waals surface area contributed by atoms with Crippen molar-refractivity contribution in [3.05, 3.63) is 22.8 Å². The number of aromatic carboxylic acids is 1. The maximum Gasteiger partial charge on any atom is 0.356 e. The third-order valence-electron chi connectivity index (χ3n) is 3.26. The fourth-order valence-electron chi connectivity index (χ4n) is 2.14. The molecule has 0 saturated carbocycles. The number of aromatic nitrogens is 1. The summed E-state index contributed by atoms with van der Waals surface area (Å²) in [5.74, 6) is -0.742. The first-order chi connectivity index (χ1) is 9.49. The highest BCUT2D eigenvalue weighted by Gasteiger charge is 2.20. The molecular formula is C13H16ClN3O3. The van der Waals surface area contributed by atoms with E-state index in [-0.39, 0.29) is 23.2 Å². The second kappa shape index (κ2) is 6.09. The van der Waals surface area contributed by atoms with E-state index in [1.807, 2.05) is 4.90 Å². The standard InChI is InChI=1S/C13H16ClN3O3/c1-16(8-11(18)17-6-2-3-7-17)10-5-4-9(14)12(15-10)13(19)20/h4-5H,2-3,6-8H2,1H3,(H,19,20). The molecule has 2 heterocycles. The highest BCUT2D eigenvalue weighted by atomic mass is 35.5. The van der Waals surface area contributed by atoms with E-state index in [1.54, 1.807) is 18.0 Å². The first-order valence-electron chi connectivity index (χ1n) is 6.38. The van der Waals surface area contributed by atoms with Gasteiger partial charge in [0.1, 0.15) is 5.82 Å². The Kier molecular flexibility index (Phi) is 4.44. The van der Waals surface area contributed by atoms with Crippen LogP contribution in [0.3, 0.4) is 0 Å². The number of carboxylic acid groups (broad SMARTS) is 1. The molecule has 2 rings (SSSR count). The third kappa shape index (κ3) is 3.19. The highest BCUT2D eigenvalue weighted by Crippen LogP contribution is 2.19. The Bertz CT molecular complexity index is 530. The molecule has 1 aliphatic heterocycles. The van der Waals surface area contributed by atoms with Gasteiger partial charge in [-0.2, -0.15) is 0 Å². The van der Waals surface area contributed by atoms with Gasteiger partial charge in [0.2, 0.25) is 5.91 Å². The van der Waals surface area contributed by atoms with Crippen molar-refractivity contribution in [3.63, 3.8) is 0 Å². The van der Waals surface area contributed by atoms with Crippen molar-refractivity contribution in [3.8, 4) is 0 Å². The summed E-state index contributed by atoms with van der Waals surface area (Å²) >= 11 is 5.77. The lowest BCUT2D eigenvalue weighted by Gasteiger charge is -2.22. The number of pyridine rings is 1. The molecule has 0 spiro atoms. The van der Waals surface area contributed by atoms with Crippen molar-refractivity contribution in [2.45, 2.75) is 12.8 Å². The smallest absolute Gasteiger partial charge is 0.356 e. The summed E-state index contributed by atoms with van der Waals surface area (Å²) in [6.07, 6.45) is 2.08. The maximum absolute atomic E-state index is 12.0. The van der Waals surface area contributed by atoms with E-state index in [9.17, 15) is 9.59 Å². The highest BCUT2D eigenvalue weighted by molar-refractivity contribution is 6.33. The van der Waals surface area contributed by atoms with Crippen LogP contribution >= 0.6 is 11.6 Å². The van der Waals surface area contributed by atoms with E-state index < -0.39 is 5.97 Å². The summed E-state index contributed by atoms with van der Waals surface area (Å²) in [6, 6.07) is 3.08. The summed E-state index contributed by atoms with van der Waals surface area (Å²) in [4.78, 5) is 30.4. The van der Waals surface area contributed by atoms with Crippen LogP contribution in [0.2, 0.25) is 5.02 Å². The van der Waals surface area contributed by atoms with Crippen molar-refractivity contribution in [1.82, 2.24) is 9.88 Å². The Hall–Kier alpha value is -1.82. The lowest BCUT2D eigenvalue weighted by molar-refractivity contribution is -0.128. The molecule has 0 atom stereocenters. The monoisotopic (exact) mass is 297 g/mol. The van der Waals surface area contributed by atoms with E-state index in [1.165, 1.54) is 6.07 Å². The van der Waals surface area contributed by atoms with Gasteiger partial charge in [0, 0.05) is 20.1 Å². The van der Waals surface area contributed by atoms with Crippen LogP contribution < -0.4 is 4.90 Å². The van der Waals surface area contributed by atoms with Crippen LogP contribution in [0.5, 0.6) is 0 Å². The zero-order valence-corrected chi connectivity index (χ0v) is 11.9. The molecular weight excluding hydrogens is 282 g/mol. The average Bonchev–Trinajstić information content (AvgIpc) is 2.92. The molecule has 1 amide bonds. The van der Waals surface area contributed by atoms with E-state index in [2.05, 4.69) is 4.98 Å². The molecule has 108 valence electrons. The number of carboxylic acids is 1. The van der Waals surface area contributed by atoms with Gasteiger partial charge in [0.05, 0.1) is 11.6 Å². The number of nitrogens with zero attached hydrogens (tertiary/aromatic N) is 3. The fraction of sp³-hybridized carbons (Fsp3) is 0.462. The Morgan fingerprint density at radius 2 is 2.05 bits per heavy atom. The molecule has 0 aliphatic carbocycles. The van der Waals surface area contributed by atoms with Gasteiger partial charge in [0.25, 0.3) is 0 Å². The molecule has 1 N–H and O–H groups in total. The molecule has 0 radical (unpaired) electrons. The van der Waals surface area contributed by atoms with Gasteiger partial charge in [-0.25, -0.2) is 9.78 Å². The number of likely N-dealkylation sites (tertiary alicyclic amines) is 1. The first-order valence-corrected chi connectivity index (χ1v) is 6.75. The molecule has 7 heteroatoms. The van der Waals surface area contributed by atoms with Crippen LogP contribution in [0.25, 0.3) is 0 Å². The number of halogens is 1. The molecule has 0 bridgehead atoms. The van der Waals surface area contributed by atoms with Gasteiger partial charge in [-0.1, -0.05) is 11.6 Å². The van der Waals surface area contributed by atoms with Crippen LogP contribution in [0.4, 0.5) is 5.82 Å². The van der Waals surface area contributed by atoms with Gasteiger partial charge >= 0.3 is 5.97 Å². The first kappa shape index (κ1) is 14.6. The maximum atomic E-state index is 12.0. The summed E-state index contributed by atoms with van der Waals surface area (Å²) in [5.41, 5.74) is -0.204. The van der Waals surface area contributed by atoms with E-state index in [4.69, 9.17) is 16.7 Å². The van der Waals surface area contributed by atoms with Crippen molar-refractivity contribution in [2.24, 2.45) is 0 Å². The number of rotatable bonds is 4. The van der Waals surface area contributed by atoms with Crippen molar-refractivity contribution >= 4 is 29.3 Å². The van der Waals surface area contributed by atoms with E-state index in [0.29, 0.717) is 5.82 Å². The number of carbonyl (C=O) groups is 2. The van der Waals surface area contributed by atoms with Gasteiger partial charge in [0.15, 0.2) is 5.69 Å². The average molecular weight is 298 g/mol. The molecule has 20 heavy (non-hydrogen) atoms. The Morgan fingerprint density at radius 1 is 1.40 bits per heavy atom. The lowest BCUT2D eigenvalue weighted by Crippen LogP contribution is -2.37. The zero-order chi connectivity index (χ0) is 14.7. The molecule has 1 aromatic rings. The number of hydrogen-bond donors (Lipinski definition) is 1. The minimum absolute atomic E-state index is 0.0265. The Morgan fingerprint density at radius 3 is 2.65 bits per heavy atom. The van der Waals surface area contributed by atoms with E-state index >= 15 is 0 Å². The predicted octanol–water partition coefficient (Wildman–Crippen LogP) is 1.49. The SMILES string of the molecule is CN(CC(=O)N1CCCC1)c1ccc(Cl)c(C(=O)O)n1. The Balaban J connectivity index is 2.08. The number of anilines is 1. The van der Waals surface area contributed by atoms with Gasteiger partial charge in [-0.3, -0.25) is 4.79 Å². The summed E-state index contributed by atoms with van der Waals surface area (Å²) in [5, 5.41) is 9.07. The number of hydrogen-bond acceptors (Lipinski definition) is 4. The van der Waals surface area contributed by atoms with E-state index in [0.717, 1.165) is 25.9 Å². The topological polar surface area (TPSA) is 73.7 Å². The number of carbonyl (C=O) groups excluding carboxylic acids is 1. The van der Waals surface area contributed by atoms with Crippen molar-refractivity contribution in [1.29, 1.82) is 0 Å². The molecule has 1 saturated heterocycles. The van der Waals surface area contributed by atoms with Crippen LogP contribution in [0, 0.1) is 0 Å². The molecule has 1 fully saturated rings. The third-order valence-corrected chi connectivity index (χ3v) is 3.56. The minimum atomic E-state index is -1.18. The summed E-state index contributed by atoms with van der Waals surface area (Å²) in [7, 11) is 1.70. The van der Waals surface area contributed by atoms with Crippen LogP contribution in [0.15, 0.2) is 12.1 Å². The second-order valence-electron chi connectivity index (χ2n) is 4.75. The molecule has 0 aromatic carbocycles. The van der Waals surface area contributed by atoms with Crippen LogP contribution in [-0.2, 0) is 4.79 Å². The molecule has 1 aromatic heterocycles. The quantitative estimate of drug-likeness (QED) is 0.911. The number of likely N-dealkylation sites (N-methyl/N-ethyl adjacent to an activating group) is 1. The fourth-order valence-corrected chi connectivity index (χ4v) is 2.33. The van der Waals surface area contributed by atoms with Crippen molar-refractivity contribution in [2.75, 3.05) is 31.6 Å². The van der Waals surface area contributed by atoms with Crippen LogP contribution in [-0.4, -0.2) is 53.5 Å². The van der Waals surface area contributed by atoms with Gasteiger partial charge in [-0.15, -0.1) is 0 Å². The van der Waals surface area contributed by atoms with Crippen LogP contribution in [0.1, 0.15) is 23.3 Å². The van der Waals surface area contributed by atoms with Gasteiger partial charge < -0.3 is 14.9 Å². The number of amides is 1. The molecule has 1 aliphatic rings. The lowest BCUT2D eigenvalue weighted by atomic mass is 10.3. The Labute approximate surface area is 122 Å². The normalized spacial score (nSPS) is 14.4.